The van der Waals surface area contributed by atoms with E-state index < -0.39 is 10.0 Å². The lowest BCUT2D eigenvalue weighted by atomic mass is 10.1. The van der Waals surface area contributed by atoms with E-state index in [4.69, 9.17) is 19.9 Å². The van der Waals surface area contributed by atoms with Crippen molar-refractivity contribution in [1.29, 1.82) is 0 Å². The zero-order chi connectivity index (χ0) is 29.3. The van der Waals surface area contributed by atoms with Gasteiger partial charge in [0.05, 0.1) is 38.5 Å². The average molecular weight is 587 g/mol. The van der Waals surface area contributed by atoms with Gasteiger partial charge < -0.3 is 24.8 Å². The van der Waals surface area contributed by atoms with Crippen molar-refractivity contribution in [2.75, 3.05) is 55.9 Å². The molecule has 0 bridgehead atoms. The maximum absolute atomic E-state index is 13.4. The van der Waals surface area contributed by atoms with Crippen LogP contribution in [0.25, 0.3) is 27.8 Å². The Morgan fingerprint density at radius 3 is 2.29 bits per heavy atom. The third-order valence-electron chi connectivity index (χ3n) is 7.14. The van der Waals surface area contributed by atoms with E-state index in [1.807, 2.05) is 34.9 Å². The minimum atomic E-state index is -4.04. The number of sulfonamides is 1. The van der Waals surface area contributed by atoms with Crippen LogP contribution in [0, 0.1) is 0 Å². The third-order valence-corrected chi connectivity index (χ3v) is 8.52. The number of nitrogens with two attached hydrogens (primary N) is 1. The fourth-order valence-corrected chi connectivity index (χ4v) is 6.19. The highest BCUT2D eigenvalue weighted by Gasteiger charge is 2.23. The Morgan fingerprint density at radius 2 is 1.60 bits per heavy atom. The largest absolute Gasteiger partial charge is 0.497 e. The fraction of sp³-hybridized carbons (Fsp3) is 0.200. The van der Waals surface area contributed by atoms with Crippen LogP contribution in [0.3, 0.4) is 0 Å². The van der Waals surface area contributed by atoms with Crippen molar-refractivity contribution < 1.29 is 22.6 Å². The number of hydrogen-bond donors (Lipinski definition) is 2. The number of nitrogens with zero attached hydrogens (tertiary/aromatic N) is 4. The molecule has 1 aliphatic rings. The third kappa shape index (κ3) is 5.29. The lowest BCUT2D eigenvalue weighted by Gasteiger charge is -2.29. The van der Waals surface area contributed by atoms with Crippen LogP contribution in [0.15, 0.2) is 83.9 Å². The summed E-state index contributed by atoms with van der Waals surface area (Å²) in [7, 11) is -1.11. The lowest BCUT2D eigenvalue weighted by Crippen LogP contribution is -2.36. The highest BCUT2D eigenvalue weighted by Crippen LogP contribution is 2.33. The Labute approximate surface area is 243 Å². The topological polar surface area (TPSA) is 134 Å². The van der Waals surface area contributed by atoms with Crippen molar-refractivity contribution in [3.05, 3.63) is 79.0 Å². The highest BCUT2D eigenvalue weighted by molar-refractivity contribution is 7.92. The SMILES string of the molecule is COc1ccc(NS(=O)(=O)c2cc(-c3ccc4nc(N)n(-c5ccc(N6CCOCC6)cc5)c4c3)cnc2OC)cc1. The molecule has 12 heteroatoms. The molecular formula is C30H30N6O5S. The quantitative estimate of drug-likeness (QED) is 0.273. The second kappa shape index (κ2) is 11.2. The van der Waals surface area contributed by atoms with E-state index in [1.54, 1.807) is 43.6 Å². The summed E-state index contributed by atoms with van der Waals surface area (Å²) in [5.41, 5.74) is 11.5. The number of rotatable bonds is 8. The van der Waals surface area contributed by atoms with Crippen LogP contribution in [-0.2, 0) is 14.8 Å². The van der Waals surface area contributed by atoms with Crippen molar-refractivity contribution in [3.8, 4) is 28.4 Å². The molecule has 11 nitrogen and oxygen atoms in total. The maximum Gasteiger partial charge on any atom is 0.267 e. The summed E-state index contributed by atoms with van der Waals surface area (Å²) >= 11 is 0. The summed E-state index contributed by atoms with van der Waals surface area (Å²) in [6.07, 6.45) is 1.58. The molecule has 0 aliphatic carbocycles. The average Bonchev–Trinajstić information content (AvgIpc) is 3.36. The zero-order valence-electron chi connectivity index (χ0n) is 23.1. The van der Waals surface area contributed by atoms with Gasteiger partial charge in [0.25, 0.3) is 10.0 Å². The van der Waals surface area contributed by atoms with Gasteiger partial charge >= 0.3 is 0 Å². The number of anilines is 3. The van der Waals surface area contributed by atoms with Gasteiger partial charge in [0.2, 0.25) is 11.8 Å². The predicted molar refractivity (Wildman–Crippen MR) is 162 cm³/mol. The van der Waals surface area contributed by atoms with Crippen LogP contribution in [0.5, 0.6) is 11.6 Å². The van der Waals surface area contributed by atoms with Gasteiger partial charge in [-0.25, -0.2) is 18.4 Å². The van der Waals surface area contributed by atoms with Gasteiger partial charge in [-0.05, 0) is 72.3 Å². The van der Waals surface area contributed by atoms with E-state index in [1.165, 1.54) is 7.11 Å². The monoisotopic (exact) mass is 586 g/mol. The summed E-state index contributed by atoms with van der Waals surface area (Å²) in [6.45, 7) is 3.12. The van der Waals surface area contributed by atoms with Gasteiger partial charge in [0.1, 0.15) is 10.6 Å². The number of ether oxygens (including phenoxy) is 3. The smallest absolute Gasteiger partial charge is 0.267 e. The molecule has 3 N–H and O–H groups in total. The minimum absolute atomic E-state index is 0.0181. The van der Waals surface area contributed by atoms with Crippen molar-refractivity contribution in [2.24, 2.45) is 0 Å². The number of imidazole rings is 1. The normalized spacial score (nSPS) is 13.7. The van der Waals surface area contributed by atoms with Crippen LogP contribution in [-0.4, -0.2) is 63.5 Å². The molecule has 0 amide bonds. The van der Waals surface area contributed by atoms with Crippen LogP contribution >= 0.6 is 0 Å². The molecular weight excluding hydrogens is 556 g/mol. The summed E-state index contributed by atoms with van der Waals surface area (Å²) in [6, 6.07) is 21.9. The molecule has 0 atom stereocenters. The number of aromatic nitrogens is 3. The molecule has 216 valence electrons. The Bertz CT molecular complexity index is 1830. The standard InChI is InChI=1S/C30H30N6O5S/c1-39-25-10-4-22(5-11-25)34-42(37,38)28-18-21(19-32-29(28)40-2)20-3-12-26-27(17-20)36(30(31)33-26)24-8-6-23(7-9-24)35-13-15-41-16-14-35/h3-12,17-19,34H,13-16H2,1-2H3,(H2,31,33). The van der Waals surface area contributed by atoms with Crippen LogP contribution < -0.4 is 24.8 Å². The van der Waals surface area contributed by atoms with E-state index in [9.17, 15) is 8.42 Å². The first-order valence-electron chi connectivity index (χ1n) is 13.3. The molecule has 1 saturated heterocycles. The number of methoxy groups -OCH3 is 2. The number of hydrogen-bond acceptors (Lipinski definition) is 9. The van der Waals surface area contributed by atoms with Gasteiger partial charge in [-0.3, -0.25) is 9.29 Å². The highest BCUT2D eigenvalue weighted by atomic mass is 32.2. The van der Waals surface area contributed by atoms with Crippen LogP contribution in [0.1, 0.15) is 0 Å². The first-order valence-corrected chi connectivity index (χ1v) is 14.8. The van der Waals surface area contributed by atoms with Gasteiger partial charge in [0.15, 0.2) is 0 Å². The zero-order valence-corrected chi connectivity index (χ0v) is 24.0. The molecule has 5 aromatic rings. The van der Waals surface area contributed by atoms with Gasteiger partial charge in [-0.2, -0.15) is 0 Å². The fourth-order valence-electron chi connectivity index (χ4n) is 4.98. The first-order chi connectivity index (χ1) is 20.4. The van der Waals surface area contributed by atoms with Crippen molar-refractivity contribution in [2.45, 2.75) is 4.90 Å². The molecule has 2 aromatic heterocycles. The molecule has 0 unspecified atom stereocenters. The van der Waals surface area contributed by atoms with Crippen molar-refractivity contribution in [1.82, 2.24) is 14.5 Å². The molecule has 1 aliphatic heterocycles. The number of nitrogens with one attached hydrogen (secondary N) is 1. The summed E-state index contributed by atoms with van der Waals surface area (Å²) in [5, 5.41) is 0. The number of nitrogen functional groups attached to an aromatic ring is 1. The van der Waals surface area contributed by atoms with Gasteiger partial charge in [0, 0.05) is 41.9 Å². The minimum Gasteiger partial charge on any atom is -0.497 e. The Morgan fingerprint density at radius 1 is 0.881 bits per heavy atom. The Balaban J connectivity index is 1.35. The van der Waals surface area contributed by atoms with E-state index in [0.717, 1.165) is 35.5 Å². The van der Waals surface area contributed by atoms with Crippen LogP contribution in [0.4, 0.5) is 17.3 Å². The predicted octanol–water partition coefficient (Wildman–Crippen LogP) is 4.32. The molecule has 1 fully saturated rings. The number of benzene rings is 3. The van der Waals surface area contributed by atoms with E-state index in [0.29, 0.717) is 41.7 Å². The van der Waals surface area contributed by atoms with Gasteiger partial charge in [-0.1, -0.05) is 6.07 Å². The molecule has 0 radical (unpaired) electrons. The molecule has 0 spiro atoms. The molecule has 6 rings (SSSR count). The molecule has 42 heavy (non-hydrogen) atoms. The Kier molecular flexibility index (Phi) is 7.31. The van der Waals surface area contributed by atoms with E-state index in [-0.39, 0.29) is 10.8 Å². The molecule has 0 saturated carbocycles. The first kappa shape index (κ1) is 27.4. The summed E-state index contributed by atoms with van der Waals surface area (Å²) in [5.74, 6) is 0.944. The Hall–Kier alpha value is -4.81. The number of morpholine rings is 1. The number of pyridine rings is 1. The lowest BCUT2D eigenvalue weighted by molar-refractivity contribution is 0.122. The van der Waals surface area contributed by atoms with E-state index >= 15 is 0 Å². The van der Waals surface area contributed by atoms with Crippen molar-refractivity contribution in [3.63, 3.8) is 0 Å². The second-order valence-electron chi connectivity index (χ2n) is 9.69. The molecule has 3 aromatic carbocycles. The summed E-state index contributed by atoms with van der Waals surface area (Å²) in [4.78, 5) is 11.0. The van der Waals surface area contributed by atoms with Gasteiger partial charge in [-0.15, -0.1) is 0 Å². The van der Waals surface area contributed by atoms with Crippen molar-refractivity contribution >= 4 is 38.4 Å². The van der Waals surface area contributed by atoms with E-state index in [2.05, 4.69) is 31.7 Å². The van der Waals surface area contributed by atoms with Crippen LogP contribution in [0.2, 0.25) is 0 Å². The molecule has 3 heterocycles. The number of fused-ring (bicyclic) bond motifs is 1. The second-order valence-corrected chi connectivity index (χ2v) is 11.3. The maximum atomic E-state index is 13.4. The summed E-state index contributed by atoms with van der Waals surface area (Å²) < 4.78 is 47.2.